The number of rotatable bonds is 2. The number of nitrogens with zero attached hydrogens (tertiary/aromatic N) is 1. The molecule has 0 radical (unpaired) electrons. The average Bonchev–Trinajstić information content (AvgIpc) is 2.39. The van der Waals surface area contributed by atoms with E-state index in [1.807, 2.05) is 18.7 Å². The highest BCUT2D eigenvalue weighted by Crippen LogP contribution is 2.34. The number of carbonyl (C=O) groups is 2. The molecule has 2 rings (SSSR count). The van der Waals surface area contributed by atoms with Gasteiger partial charge < -0.3 is 10.2 Å². The molecule has 1 saturated heterocycles. The SMILES string of the molecule is CCC1NC(=O)C(C)N(C2CCCC(C)C2C)C1=O. The molecule has 108 valence electrons. The van der Waals surface area contributed by atoms with E-state index in [0.29, 0.717) is 18.3 Å². The van der Waals surface area contributed by atoms with Crippen molar-refractivity contribution in [2.45, 2.75) is 71.5 Å². The summed E-state index contributed by atoms with van der Waals surface area (Å²) >= 11 is 0. The average molecular weight is 266 g/mol. The third-order valence-corrected chi connectivity index (χ3v) is 5.10. The highest BCUT2D eigenvalue weighted by molar-refractivity contribution is 5.96. The molecule has 0 aromatic heterocycles. The summed E-state index contributed by atoms with van der Waals surface area (Å²) in [5, 5.41) is 2.83. The Morgan fingerprint density at radius 2 is 1.89 bits per heavy atom. The van der Waals surface area contributed by atoms with Crippen molar-refractivity contribution in [1.29, 1.82) is 0 Å². The lowest BCUT2D eigenvalue weighted by molar-refractivity contribution is -0.154. The summed E-state index contributed by atoms with van der Waals surface area (Å²) in [5.74, 6) is 1.21. The van der Waals surface area contributed by atoms with Gasteiger partial charge in [-0.15, -0.1) is 0 Å². The van der Waals surface area contributed by atoms with Crippen LogP contribution in [0, 0.1) is 11.8 Å². The van der Waals surface area contributed by atoms with Gasteiger partial charge in [0, 0.05) is 6.04 Å². The largest absolute Gasteiger partial charge is 0.343 e. The minimum atomic E-state index is -0.326. The molecule has 0 spiro atoms. The van der Waals surface area contributed by atoms with E-state index >= 15 is 0 Å². The maximum absolute atomic E-state index is 12.6. The lowest BCUT2D eigenvalue weighted by atomic mass is 9.76. The van der Waals surface area contributed by atoms with Gasteiger partial charge in [-0.2, -0.15) is 0 Å². The number of hydrogen-bond donors (Lipinski definition) is 1. The molecule has 5 atom stereocenters. The Balaban J connectivity index is 2.24. The first kappa shape index (κ1) is 14.4. The lowest BCUT2D eigenvalue weighted by Crippen LogP contribution is -2.66. The number of hydrogen-bond acceptors (Lipinski definition) is 2. The van der Waals surface area contributed by atoms with Gasteiger partial charge in [0.1, 0.15) is 12.1 Å². The second-order valence-electron chi connectivity index (χ2n) is 6.23. The highest BCUT2D eigenvalue weighted by Gasteiger charge is 2.43. The normalized spacial score (nSPS) is 40.2. The third kappa shape index (κ3) is 2.49. The molecule has 2 aliphatic rings. The van der Waals surface area contributed by atoms with Gasteiger partial charge in [-0.25, -0.2) is 0 Å². The molecule has 0 aromatic carbocycles. The molecule has 1 N–H and O–H groups in total. The Bertz CT molecular complexity index is 369. The molecule has 1 aliphatic heterocycles. The van der Waals surface area contributed by atoms with E-state index in [4.69, 9.17) is 0 Å². The Morgan fingerprint density at radius 3 is 2.53 bits per heavy atom. The number of amides is 2. The fourth-order valence-electron chi connectivity index (χ4n) is 3.52. The van der Waals surface area contributed by atoms with Crippen LogP contribution >= 0.6 is 0 Å². The van der Waals surface area contributed by atoms with Crippen LogP contribution < -0.4 is 5.32 Å². The maximum atomic E-state index is 12.6. The first-order valence-corrected chi connectivity index (χ1v) is 7.59. The smallest absolute Gasteiger partial charge is 0.246 e. The van der Waals surface area contributed by atoms with E-state index in [9.17, 15) is 9.59 Å². The van der Waals surface area contributed by atoms with Crippen molar-refractivity contribution in [3.8, 4) is 0 Å². The van der Waals surface area contributed by atoms with Crippen molar-refractivity contribution < 1.29 is 9.59 Å². The van der Waals surface area contributed by atoms with E-state index in [-0.39, 0.29) is 29.9 Å². The first-order valence-electron chi connectivity index (χ1n) is 7.59. The van der Waals surface area contributed by atoms with Crippen LogP contribution in [0.25, 0.3) is 0 Å². The zero-order chi connectivity index (χ0) is 14.2. The Morgan fingerprint density at radius 1 is 1.21 bits per heavy atom. The van der Waals surface area contributed by atoms with E-state index in [1.165, 1.54) is 6.42 Å². The monoisotopic (exact) mass is 266 g/mol. The van der Waals surface area contributed by atoms with Crippen LogP contribution in [-0.4, -0.2) is 34.8 Å². The molecule has 0 aromatic rings. The van der Waals surface area contributed by atoms with Crippen molar-refractivity contribution >= 4 is 11.8 Å². The van der Waals surface area contributed by atoms with Crippen LogP contribution in [-0.2, 0) is 9.59 Å². The van der Waals surface area contributed by atoms with Gasteiger partial charge in [-0.3, -0.25) is 9.59 Å². The van der Waals surface area contributed by atoms with Gasteiger partial charge in [0.15, 0.2) is 0 Å². The van der Waals surface area contributed by atoms with E-state index in [1.54, 1.807) is 0 Å². The van der Waals surface area contributed by atoms with E-state index < -0.39 is 0 Å². The summed E-state index contributed by atoms with van der Waals surface area (Å²) in [7, 11) is 0. The number of nitrogens with one attached hydrogen (secondary N) is 1. The standard InChI is InChI=1S/C15H26N2O2/c1-5-12-15(19)17(11(4)14(18)16-12)13-8-6-7-9(2)10(13)3/h9-13H,5-8H2,1-4H3,(H,16,18). The minimum Gasteiger partial charge on any atom is -0.343 e. The maximum Gasteiger partial charge on any atom is 0.246 e. The molecule has 5 unspecified atom stereocenters. The second kappa shape index (κ2) is 5.51. The second-order valence-corrected chi connectivity index (χ2v) is 6.23. The van der Waals surface area contributed by atoms with Gasteiger partial charge in [0.05, 0.1) is 0 Å². The molecule has 4 nitrogen and oxygen atoms in total. The van der Waals surface area contributed by atoms with Crippen molar-refractivity contribution in [3.05, 3.63) is 0 Å². The molecule has 2 amide bonds. The van der Waals surface area contributed by atoms with Gasteiger partial charge in [0.2, 0.25) is 11.8 Å². The molecular formula is C15H26N2O2. The minimum absolute atomic E-state index is 0.00289. The topological polar surface area (TPSA) is 49.4 Å². The van der Waals surface area contributed by atoms with Crippen molar-refractivity contribution in [3.63, 3.8) is 0 Å². The Kier molecular flexibility index (Phi) is 4.16. The van der Waals surface area contributed by atoms with Gasteiger partial charge in [0.25, 0.3) is 0 Å². The molecule has 1 saturated carbocycles. The fourth-order valence-corrected chi connectivity index (χ4v) is 3.52. The molecule has 2 fully saturated rings. The molecule has 0 bridgehead atoms. The van der Waals surface area contributed by atoms with Crippen LogP contribution in [0.3, 0.4) is 0 Å². The zero-order valence-electron chi connectivity index (χ0n) is 12.5. The quantitative estimate of drug-likeness (QED) is 0.830. The summed E-state index contributed by atoms with van der Waals surface area (Å²) < 4.78 is 0. The Hall–Kier alpha value is -1.06. The van der Waals surface area contributed by atoms with Crippen molar-refractivity contribution in [2.75, 3.05) is 0 Å². The number of carbonyl (C=O) groups excluding carboxylic acids is 2. The highest BCUT2D eigenvalue weighted by atomic mass is 16.2. The zero-order valence-corrected chi connectivity index (χ0v) is 12.5. The van der Waals surface area contributed by atoms with Crippen LogP contribution in [0.5, 0.6) is 0 Å². The summed E-state index contributed by atoms with van der Waals surface area (Å²) in [5.41, 5.74) is 0. The van der Waals surface area contributed by atoms with Crippen molar-refractivity contribution in [1.82, 2.24) is 10.2 Å². The molecule has 4 heteroatoms. The van der Waals surface area contributed by atoms with E-state index in [0.717, 1.165) is 12.8 Å². The van der Waals surface area contributed by atoms with Gasteiger partial charge in [-0.1, -0.05) is 33.6 Å². The summed E-state index contributed by atoms with van der Waals surface area (Å²) in [6.07, 6.45) is 4.10. The molecule has 19 heavy (non-hydrogen) atoms. The van der Waals surface area contributed by atoms with E-state index in [2.05, 4.69) is 19.2 Å². The first-order chi connectivity index (χ1) is 8.97. The lowest BCUT2D eigenvalue weighted by Gasteiger charge is -2.47. The third-order valence-electron chi connectivity index (χ3n) is 5.10. The van der Waals surface area contributed by atoms with Crippen LogP contribution in [0.2, 0.25) is 0 Å². The molecule has 1 aliphatic carbocycles. The van der Waals surface area contributed by atoms with Crippen LogP contribution in [0.4, 0.5) is 0 Å². The summed E-state index contributed by atoms with van der Waals surface area (Å²) in [6.45, 7) is 8.28. The predicted molar refractivity (Wildman–Crippen MR) is 74.5 cm³/mol. The van der Waals surface area contributed by atoms with Crippen LogP contribution in [0.15, 0.2) is 0 Å². The molecule has 1 heterocycles. The summed E-state index contributed by atoms with van der Waals surface area (Å²) in [6, 6.07) is -0.424. The van der Waals surface area contributed by atoms with Gasteiger partial charge >= 0.3 is 0 Å². The summed E-state index contributed by atoms with van der Waals surface area (Å²) in [4.78, 5) is 26.5. The predicted octanol–water partition coefficient (Wildman–Crippen LogP) is 1.94. The van der Waals surface area contributed by atoms with Crippen molar-refractivity contribution in [2.24, 2.45) is 11.8 Å². The van der Waals surface area contributed by atoms with Crippen LogP contribution in [0.1, 0.15) is 53.4 Å². The van der Waals surface area contributed by atoms with Gasteiger partial charge in [-0.05, 0) is 31.6 Å². The molecular weight excluding hydrogens is 240 g/mol. The number of piperazine rings is 1. The fraction of sp³-hybridized carbons (Fsp3) is 0.867. The Labute approximate surface area is 115 Å².